The van der Waals surface area contributed by atoms with E-state index in [1.807, 2.05) is 0 Å². The molecule has 9 aromatic rings. The fraction of sp³-hybridized carbons (Fsp3) is 0.378. The first kappa shape index (κ1) is 50.7. The van der Waals surface area contributed by atoms with Gasteiger partial charge in [-0.3, -0.25) is 0 Å². The van der Waals surface area contributed by atoms with Gasteiger partial charge >= 0.3 is 0 Å². The van der Waals surface area contributed by atoms with E-state index in [9.17, 15) is 0 Å². The molecular formula is C74H82N4. The van der Waals surface area contributed by atoms with Gasteiger partial charge in [0.05, 0.1) is 50.9 Å². The Morgan fingerprint density at radius 2 is 1.09 bits per heavy atom. The first-order valence-corrected chi connectivity index (χ1v) is 29.8. The summed E-state index contributed by atoms with van der Waals surface area (Å²) in [6, 6.07) is 34.1. The second kappa shape index (κ2) is 18.4. The van der Waals surface area contributed by atoms with E-state index in [0.29, 0.717) is 35.5 Å². The van der Waals surface area contributed by atoms with Gasteiger partial charge in [0, 0.05) is 54.6 Å². The SMILES string of the molecule is CC1=CC(N(C2=CC(C)C(C(C)C)C(C)=C2)C2=c3c4ccccc4n4c3c(c3cc5c(cc34)c3ccc(N(c4cc(C)c(C(C)C)c(C)c4)C4C=C(C)C(C(C)C)=C(C)C4)c4c6ccccc6n5c34)CC2)CC(C)=C1C(C)C. The number of fused-ring (bicyclic) bond motifs is 12. The normalized spacial score (nSPS) is 20.5. The minimum Gasteiger partial charge on any atom is -0.337 e. The van der Waals surface area contributed by atoms with Gasteiger partial charge in [0.15, 0.2) is 0 Å². The number of rotatable bonds is 10. The Balaban J connectivity index is 1.07. The topological polar surface area (TPSA) is 15.3 Å². The maximum absolute atomic E-state index is 2.83. The van der Waals surface area contributed by atoms with Gasteiger partial charge in [-0.25, -0.2) is 0 Å². The molecule has 4 atom stereocenters. The van der Waals surface area contributed by atoms with Crippen molar-refractivity contribution < 1.29 is 0 Å². The van der Waals surface area contributed by atoms with Crippen molar-refractivity contribution in [3.05, 3.63) is 181 Å². The molecular weight excluding hydrogens is 945 g/mol. The van der Waals surface area contributed by atoms with Crippen LogP contribution in [0.1, 0.15) is 144 Å². The van der Waals surface area contributed by atoms with Gasteiger partial charge in [-0.1, -0.05) is 140 Å². The molecule has 4 aromatic heterocycles. The van der Waals surface area contributed by atoms with Crippen molar-refractivity contribution >= 4 is 82.5 Å². The Hall–Kier alpha value is -6.78. The van der Waals surface area contributed by atoms with E-state index in [0.717, 1.165) is 25.7 Å². The van der Waals surface area contributed by atoms with E-state index in [-0.39, 0.29) is 12.1 Å². The highest BCUT2D eigenvalue weighted by molar-refractivity contribution is 6.28. The van der Waals surface area contributed by atoms with E-state index < -0.39 is 0 Å². The van der Waals surface area contributed by atoms with Crippen LogP contribution >= 0.6 is 0 Å². The van der Waals surface area contributed by atoms with E-state index in [2.05, 4.69) is 239 Å². The maximum atomic E-state index is 2.83. The average molecular weight is 1030 g/mol. The van der Waals surface area contributed by atoms with Crippen molar-refractivity contribution in [1.29, 1.82) is 0 Å². The van der Waals surface area contributed by atoms with Crippen LogP contribution in [0.2, 0.25) is 0 Å². The van der Waals surface area contributed by atoms with Gasteiger partial charge in [0.25, 0.3) is 0 Å². The summed E-state index contributed by atoms with van der Waals surface area (Å²) in [6.07, 6.45) is 14.4. The van der Waals surface area contributed by atoms with Crippen LogP contribution in [-0.4, -0.2) is 25.8 Å². The quantitative estimate of drug-likeness (QED) is 0.136. The molecule has 0 aliphatic heterocycles. The number of aromatic nitrogens is 2. The molecule has 0 saturated carbocycles. The van der Waals surface area contributed by atoms with Crippen molar-refractivity contribution in [1.82, 2.24) is 13.7 Å². The summed E-state index contributed by atoms with van der Waals surface area (Å²) in [5.74, 6) is 3.04. The summed E-state index contributed by atoms with van der Waals surface area (Å²) in [5, 5.41) is 9.49. The molecule has 0 radical (unpaired) electrons. The van der Waals surface area contributed by atoms with Crippen molar-refractivity contribution in [2.45, 2.75) is 154 Å². The number of aryl methyl sites for hydroxylation is 3. The third-order valence-corrected chi connectivity index (χ3v) is 19.5. The number of allylic oxidation sites excluding steroid dienone is 7. The molecule has 13 rings (SSSR count). The molecule has 4 unspecified atom stereocenters. The van der Waals surface area contributed by atoms with Gasteiger partial charge in [-0.2, -0.15) is 0 Å². The summed E-state index contributed by atoms with van der Waals surface area (Å²) < 4.78 is 5.32. The number of anilines is 2. The minimum atomic E-state index is 0.167. The smallest absolute Gasteiger partial charge is 0.0641 e. The van der Waals surface area contributed by atoms with Gasteiger partial charge in [0.2, 0.25) is 0 Å². The van der Waals surface area contributed by atoms with Gasteiger partial charge < -0.3 is 18.6 Å². The molecule has 5 aromatic carbocycles. The zero-order valence-corrected chi connectivity index (χ0v) is 49.6. The van der Waals surface area contributed by atoms with Crippen LogP contribution in [0.3, 0.4) is 0 Å². The Morgan fingerprint density at radius 1 is 0.526 bits per heavy atom. The standard InChI is InChI=1S/C74H82N4/c1-39(2)67-43(9)29-51(30-44(67)10)75(52-31-45(11)68(40(3)4)46(12)32-52)63-27-25-55-59-37-66-60(38-65(59)77-61-23-19-17-21-57(61)71(63)73(55)77)56-26-28-64(72-58-22-18-20-24-62(58)78(66)74(56)72)76(53-33-47(13)69(41(5)6)48(14)34-53)54-35-49(15)70(42(7)8)50(16)36-54/h17-25,27,29-31,33-35,37-42,47,52,54,69H,26,28,32,36H2,1-16H3. The fourth-order valence-electron chi connectivity index (χ4n) is 17.3. The van der Waals surface area contributed by atoms with Crippen LogP contribution in [0.25, 0.3) is 71.1 Å². The molecule has 0 saturated heterocycles. The van der Waals surface area contributed by atoms with Crippen LogP contribution < -0.4 is 10.1 Å². The van der Waals surface area contributed by atoms with Gasteiger partial charge in [-0.15, -0.1) is 0 Å². The van der Waals surface area contributed by atoms with E-state index in [1.165, 1.54) is 149 Å². The molecule has 0 spiro atoms. The molecule has 78 heavy (non-hydrogen) atoms. The van der Waals surface area contributed by atoms with Crippen molar-refractivity contribution in [2.75, 3.05) is 4.90 Å². The first-order chi connectivity index (χ1) is 37.3. The highest BCUT2D eigenvalue weighted by Gasteiger charge is 2.36. The highest BCUT2D eigenvalue weighted by atomic mass is 15.2. The van der Waals surface area contributed by atoms with Crippen molar-refractivity contribution in [2.24, 2.45) is 29.6 Å². The van der Waals surface area contributed by atoms with E-state index in [1.54, 1.807) is 5.57 Å². The summed E-state index contributed by atoms with van der Waals surface area (Å²) in [6.45, 7) is 37.9. The monoisotopic (exact) mass is 1030 g/mol. The summed E-state index contributed by atoms with van der Waals surface area (Å²) in [7, 11) is 0. The van der Waals surface area contributed by atoms with Crippen LogP contribution in [0.5, 0.6) is 0 Å². The molecule has 0 N–H and O–H groups in total. The molecule has 0 amide bonds. The van der Waals surface area contributed by atoms with Crippen LogP contribution in [-0.2, 0) is 6.42 Å². The van der Waals surface area contributed by atoms with E-state index >= 15 is 0 Å². The van der Waals surface area contributed by atoms with Gasteiger partial charge in [0.1, 0.15) is 0 Å². The lowest BCUT2D eigenvalue weighted by atomic mass is 9.75. The summed E-state index contributed by atoms with van der Waals surface area (Å²) in [4.78, 5) is 5.55. The number of benzene rings is 5. The third kappa shape index (κ3) is 7.36. The summed E-state index contributed by atoms with van der Waals surface area (Å²) >= 11 is 0. The lowest BCUT2D eigenvalue weighted by molar-refractivity contribution is 0.337. The Kier molecular flexibility index (Phi) is 12.0. The first-order valence-electron chi connectivity index (χ1n) is 29.8. The Morgan fingerprint density at radius 3 is 1.68 bits per heavy atom. The van der Waals surface area contributed by atoms with Crippen LogP contribution in [0.15, 0.2) is 154 Å². The molecule has 4 heterocycles. The van der Waals surface area contributed by atoms with Crippen LogP contribution in [0.4, 0.5) is 11.4 Å². The molecule has 4 heteroatoms. The van der Waals surface area contributed by atoms with E-state index in [4.69, 9.17) is 0 Å². The zero-order valence-electron chi connectivity index (χ0n) is 49.6. The number of nitrogens with zero attached hydrogens (tertiary/aromatic N) is 4. The Labute approximate surface area is 464 Å². The highest BCUT2D eigenvalue weighted by Crippen LogP contribution is 2.50. The molecule has 4 nitrogen and oxygen atoms in total. The van der Waals surface area contributed by atoms with Crippen molar-refractivity contribution in [3.63, 3.8) is 0 Å². The maximum Gasteiger partial charge on any atom is 0.0641 e. The average Bonchev–Trinajstić information content (AvgIpc) is 4.21. The number of hydrogen-bond acceptors (Lipinski definition) is 2. The van der Waals surface area contributed by atoms with Crippen LogP contribution in [0, 0.1) is 43.4 Å². The lowest BCUT2D eigenvalue weighted by Gasteiger charge is -2.42. The lowest BCUT2D eigenvalue weighted by Crippen LogP contribution is -2.39. The molecule has 0 fully saturated rings. The minimum absolute atomic E-state index is 0.167. The Bertz CT molecular complexity index is 4250. The number of para-hydroxylation sites is 2. The molecule has 398 valence electrons. The fourth-order valence-corrected chi connectivity index (χ4v) is 17.3. The second-order valence-electron chi connectivity index (χ2n) is 26.0. The number of hydrogen-bond donors (Lipinski definition) is 0. The predicted molar refractivity (Wildman–Crippen MR) is 337 cm³/mol. The molecule has 0 bridgehead atoms. The zero-order chi connectivity index (χ0) is 54.7. The third-order valence-electron chi connectivity index (χ3n) is 19.5. The summed E-state index contributed by atoms with van der Waals surface area (Å²) in [5.41, 5.74) is 29.5. The van der Waals surface area contributed by atoms with Gasteiger partial charge in [-0.05, 0) is 203 Å². The molecule has 4 aliphatic rings. The largest absolute Gasteiger partial charge is 0.337 e. The van der Waals surface area contributed by atoms with Crippen molar-refractivity contribution in [3.8, 4) is 0 Å². The molecule has 4 aliphatic carbocycles. The predicted octanol–water partition coefficient (Wildman–Crippen LogP) is 19.5. The second-order valence-corrected chi connectivity index (χ2v) is 26.0.